The van der Waals surface area contributed by atoms with Crippen LogP contribution in [0.15, 0.2) is 36.7 Å². The van der Waals surface area contributed by atoms with E-state index in [-0.39, 0.29) is 0 Å². The minimum atomic E-state index is -0.456. The Hall–Kier alpha value is -1.61. The van der Waals surface area contributed by atoms with Gasteiger partial charge in [0.05, 0.1) is 6.10 Å². The summed E-state index contributed by atoms with van der Waals surface area (Å²) in [5, 5.41) is 10.4. The first kappa shape index (κ1) is 11.5. The number of aromatic nitrogens is 2. The van der Waals surface area contributed by atoms with E-state index in [1.165, 1.54) is 18.4 Å². The molecule has 94 valence electrons. The molecule has 0 spiro atoms. The lowest BCUT2D eigenvalue weighted by Crippen LogP contribution is -2.08. The second-order valence-corrected chi connectivity index (χ2v) is 5.08. The van der Waals surface area contributed by atoms with E-state index in [0.717, 1.165) is 11.4 Å². The van der Waals surface area contributed by atoms with E-state index in [1.807, 2.05) is 29.9 Å². The molecule has 0 radical (unpaired) electrons. The zero-order chi connectivity index (χ0) is 12.5. The van der Waals surface area contributed by atoms with E-state index in [4.69, 9.17) is 0 Å². The largest absolute Gasteiger partial charge is 0.388 e. The maximum absolute atomic E-state index is 10.4. The Labute approximate surface area is 107 Å². The molecule has 0 saturated heterocycles. The maximum Gasteiger partial charge on any atom is 0.111 e. The van der Waals surface area contributed by atoms with Gasteiger partial charge >= 0.3 is 0 Å². The zero-order valence-corrected chi connectivity index (χ0v) is 10.6. The molecule has 0 bridgehead atoms. The van der Waals surface area contributed by atoms with Crippen LogP contribution in [-0.4, -0.2) is 14.7 Å². The Morgan fingerprint density at radius 1 is 1.39 bits per heavy atom. The van der Waals surface area contributed by atoms with Gasteiger partial charge in [-0.1, -0.05) is 24.3 Å². The van der Waals surface area contributed by atoms with E-state index in [1.54, 1.807) is 6.20 Å². The monoisotopic (exact) mass is 242 g/mol. The van der Waals surface area contributed by atoms with Gasteiger partial charge in [0, 0.05) is 25.9 Å². The average molecular weight is 242 g/mol. The maximum atomic E-state index is 10.4. The van der Waals surface area contributed by atoms with Crippen molar-refractivity contribution < 1.29 is 5.11 Å². The standard InChI is InChI=1S/C15H18N2O/c1-17-9-8-16-15(17)10-14(18)13-5-3-2-4-12(13)11-6-7-11/h2-5,8-9,11,14,18H,6-7,10H2,1H3. The number of hydrogen-bond acceptors (Lipinski definition) is 2. The fourth-order valence-corrected chi connectivity index (χ4v) is 2.46. The SMILES string of the molecule is Cn1ccnc1CC(O)c1ccccc1C1CC1. The second kappa shape index (κ2) is 4.58. The molecule has 3 heteroatoms. The molecular weight excluding hydrogens is 224 g/mol. The first-order chi connectivity index (χ1) is 8.75. The number of aliphatic hydroxyl groups excluding tert-OH is 1. The van der Waals surface area contributed by atoms with Crippen LogP contribution in [0.3, 0.4) is 0 Å². The number of aliphatic hydroxyl groups is 1. The van der Waals surface area contributed by atoms with Crippen molar-refractivity contribution in [2.75, 3.05) is 0 Å². The summed E-state index contributed by atoms with van der Waals surface area (Å²) in [7, 11) is 1.96. The van der Waals surface area contributed by atoms with Crippen molar-refractivity contribution in [3.8, 4) is 0 Å². The van der Waals surface area contributed by atoms with Crippen molar-refractivity contribution in [1.29, 1.82) is 0 Å². The van der Waals surface area contributed by atoms with Crippen molar-refractivity contribution in [3.05, 3.63) is 53.6 Å². The predicted octanol–water partition coefficient (Wildman–Crippen LogP) is 2.57. The number of imidazole rings is 1. The summed E-state index contributed by atoms with van der Waals surface area (Å²) in [6, 6.07) is 8.25. The van der Waals surface area contributed by atoms with Gasteiger partial charge < -0.3 is 9.67 Å². The Morgan fingerprint density at radius 3 is 2.83 bits per heavy atom. The van der Waals surface area contributed by atoms with Crippen LogP contribution in [0.5, 0.6) is 0 Å². The second-order valence-electron chi connectivity index (χ2n) is 5.08. The molecule has 18 heavy (non-hydrogen) atoms. The number of hydrogen-bond donors (Lipinski definition) is 1. The first-order valence-corrected chi connectivity index (χ1v) is 6.49. The average Bonchev–Trinajstić information content (AvgIpc) is 3.15. The summed E-state index contributed by atoms with van der Waals surface area (Å²) in [5.74, 6) is 1.59. The summed E-state index contributed by atoms with van der Waals surface area (Å²) in [4.78, 5) is 4.27. The van der Waals surface area contributed by atoms with E-state index in [9.17, 15) is 5.11 Å². The quantitative estimate of drug-likeness (QED) is 0.894. The van der Waals surface area contributed by atoms with Gasteiger partial charge in [-0.2, -0.15) is 0 Å². The molecule has 1 heterocycles. The molecule has 1 saturated carbocycles. The minimum Gasteiger partial charge on any atom is -0.388 e. The molecule has 0 aliphatic heterocycles. The van der Waals surface area contributed by atoms with Crippen LogP contribution in [0, 0.1) is 0 Å². The normalized spacial score (nSPS) is 16.8. The zero-order valence-electron chi connectivity index (χ0n) is 10.6. The smallest absolute Gasteiger partial charge is 0.111 e. The summed E-state index contributed by atoms with van der Waals surface area (Å²) in [5.41, 5.74) is 2.39. The first-order valence-electron chi connectivity index (χ1n) is 6.49. The lowest BCUT2D eigenvalue weighted by Gasteiger charge is -2.15. The fourth-order valence-electron chi connectivity index (χ4n) is 2.46. The molecule has 1 aromatic carbocycles. The molecule has 1 aromatic heterocycles. The highest BCUT2D eigenvalue weighted by atomic mass is 16.3. The minimum absolute atomic E-state index is 0.456. The number of rotatable bonds is 4. The number of aryl methyl sites for hydroxylation is 1. The highest BCUT2D eigenvalue weighted by molar-refractivity contribution is 5.35. The van der Waals surface area contributed by atoms with Gasteiger partial charge in [0.15, 0.2) is 0 Å². The highest BCUT2D eigenvalue weighted by Gasteiger charge is 2.27. The van der Waals surface area contributed by atoms with Crippen molar-refractivity contribution in [2.24, 2.45) is 7.05 Å². The Bertz CT molecular complexity index is 543. The lowest BCUT2D eigenvalue weighted by molar-refractivity contribution is 0.174. The van der Waals surface area contributed by atoms with Crippen molar-refractivity contribution in [2.45, 2.75) is 31.3 Å². The molecule has 3 nitrogen and oxygen atoms in total. The van der Waals surface area contributed by atoms with Gasteiger partial charge in [-0.3, -0.25) is 0 Å². The topological polar surface area (TPSA) is 38.0 Å². The van der Waals surface area contributed by atoms with E-state index in [0.29, 0.717) is 12.3 Å². The Balaban J connectivity index is 1.84. The van der Waals surface area contributed by atoms with E-state index < -0.39 is 6.10 Å². The fraction of sp³-hybridized carbons (Fsp3) is 0.400. The van der Waals surface area contributed by atoms with Crippen molar-refractivity contribution in [3.63, 3.8) is 0 Å². The van der Waals surface area contributed by atoms with Crippen LogP contribution in [0.25, 0.3) is 0 Å². The van der Waals surface area contributed by atoms with Gasteiger partial charge in [-0.25, -0.2) is 4.98 Å². The van der Waals surface area contributed by atoms with Gasteiger partial charge in [0.1, 0.15) is 5.82 Å². The van der Waals surface area contributed by atoms with Gasteiger partial charge in [-0.05, 0) is 29.9 Å². The third kappa shape index (κ3) is 2.18. The van der Waals surface area contributed by atoms with Crippen molar-refractivity contribution >= 4 is 0 Å². The number of nitrogens with zero attached hydrogens (tertiary/aromatic N) is 2. The molecule has 1 fully saturated rings. The summed E-state index contributed by atoms with van der Waals surface area (Å²) < 4.78 is 1.96. The highest BCUT2D eigenvalue weighted by Crippen LogP contribution is 2.43. The van der Waals surface area contributed by atoms with E-state index in [2.05, 4.69) is 17.1 Å². The van der Waals surface area contributed by atoms with Crippen LogP contribution in [0.2, 0.25) is 0 Å². The third-order valence-electron chi connectivity index (χ3n) is 3.67. The molecular formula is C15H18N2O. The van der Waals surface area contributed by atoms with Crippen LogP contribution < -0.4 is 0 Å². The molecule has 3 rings (SSSR count). The summed E-state index contributed by atoms with van der Waals surface area (Å²) in [6.07, 6.45) is 6.32. The van der Waals surface area contributed by atoms with E-state index >= 15 is 0 Å². The Kier molecular flexibility index (Phi) is 2.92. The number of benzene rings is 1. The van der Waals surface area contributed by atoms with Crippen molar-refractivity contribution in [1.82, 2.24) is 9.55 Å². The lowest BCUT2D eigenvalue weighted by atomic mass is 9.97. The van der Waals surface area contributed by atoms with Gasteiger partial charge in [0.2, 0.25) is 0 Å². The van der Waals surface area contributed by atoms with Crippen LogP contribution in [-0.2, 0) is 13.5 Å². The predicted molar refractivity (Wildman–Crippen MR) is 70.3 cm³/mol. The van der Waals surface area contributed by atoms with Crippen LogP contribution in [0.4, 0.5) is 0 Å². The Morgan fingerprint density at radius 2 is 2.17 bits per heavy atom. The molecule has 2 aromatic rings. The summed E-state index contributed by atoms with van der Waals surface area (Å²) >= 11 is 0. The summed E-state index contributed by atoms with van der Waals surface area (Å²) in [6.45, 7) is 0. The molecule has 1 unspecified atom stereocenters. The van der Waals surface area contributed by atoms with Crippen LogP contribution in [0.1, 0.15) is 41.8 Å². The van der Waals surface area contributed by atoms with Crippen LogP contribution >= 0.6 is 0 Å². The van der Waals surface area contributed by atoms with Gasteiger partial charge in [-0.15, -0.1) is 0 Å². The molecule has 0 amide bonds. The molecule has 1 atom stereocenters. The van der Waals surface area contributed by atoms with Gasteiger partial charge in [0.25, 0.3) is 0 Å². The molecule has 1 aliphatic rings. The molecule has 1 aliphatic carbocycles. The third-order valence-corrected chi connectivity index (χ3v) is 3.67. The molecule has 1 N–H and O–H groups in total.